The minimum Gasteiger partial charge on any atom is -0.381 e. The van der Waals surface area contributed by atoms with E-state index in [1.807, 2.05) is 11.5 Å². The summed E-state index contributed by atoms with van der Waals surface area (Å²) >= 11 is 0. The van der Waals surface area contributed by atoms with E-state index in [9.17, 15) is 14.4 Å². The molecule has 0 bridgehead atoms. The molecule has 2 aliphatic rings. The summed E-state index contributed by atoms with van der Waals surface area (Å²) in [5.41, 5.74) is 1.90. The van der Waals surface area contributed by atoms with Gasteiger partial charge in [-0.3, -0.25) is 14.4 Å². The van der Waals surface area contributed by atoms with Crippen LogP contribution in [0.25, 0.3) is 0 Å². The molecule has 1 aromatic rings. The maximum atomic E-state index is 12.9. The first-order chi connectivity index (χ1) is 11.9. The average Bonchev–Trinajstić information content (AvgIpc) is 3.13. The van der Waals surface area contributed by atoms with Crippen molar-refractivity contribution in [3.63, 3.8) is 0 Å². The van der Waals surface area contributed by atoms with Crippen molar-refractivity contribution >= 4 is 17.6 Å². The molecule has 1 saturated heterocycles. The van der Waals surface area contributed by atoms with Crippen LogP contribution in [0.5, 0.6) is 0 Å². The molecule has 7 heteroatoms. The van der Waals surface area contributed by atoms with E-state index in [-0.39, 0.29) is 5.91 Å². The Hall–Kier alpha value is -2.15. The zero-order chi connectivity index (χ0) is 18.2. The smallest absolute Gasteiger partial charge is 0.294 e. The number of nitrogens with zero attached hydrogens (tertiary/aromatic N) is 1. The Labute approximate surface area is 147 Å². The number of ketones is 1. The Bertz CT molecular complexity index is 729. The Morgan fingerprint density at radius 2 is 1.88 bits per heavy atom. The molecular formula is C18H25N3O4. The minimum atomic E-state index is -0.608. The molecule has 0 spiro atoms. The van der Waals surface area contributed by atoms with Crippen LogP contribution in [-0.2, 0) is 22.5 Å². The Balaban J connectivity index is 1.90. The zero-order valence-corrected chi connectivity index (χ0v) is 15.0. The van der Waals surface area contributed by atoms with E-state index < -0.39 is 17.2 Å². The molecule has 0 atom stereocenters. The van der Waals surface area contributed by atoms with Gasteiger partial charge in [-0.1, -0.05) is 0 Å². The number of amides is 2. The van der Waals surface area contributed by atoms with Crippen LogP contribution >= 0.6 is 0 Å². The van der Waals surface area contributed by atoms with Crippen LogP contribution in [0.3, 0.4) is 0 Å². The van der Waals surface area contributed by atoms with E-state index in [0.29, 0.717) is 49.4 Å². The van der Waals surface area contributed by atoms with Gasteiger partial charge in [-0.05, 0) is 45.1 Å². The second-order valence-electron chi connectivity index (χ2n) is 7.09. The van der Waals surface area contributed by atoms with Gasteiger partial charge < -0.3 is 19.9 Å². The third-order valence-corrected chi connectivity index (χ3v) is 5.30. The number of Topliss-reactive ketones (excluding diaryl/α,β-unsaturated/α-hetero) is 1. The van der Waals surface area contributed by atoms with Crippen LogP contribution in [0.2, 0.25) is 0 Å². The highest BCUT2D eigenvalue weighted by Crippen LogP contribution is 2.29. The van der Waals surface area contributed by atoms with Crippen molar-refractivity contribution in [3.05, 3.63) is 22.5 Å². The number of nitrogens with one attached hydrogen (secondary N) is 2. The fourth-order valence-corrected chi connectivity index (χ4v) is 3.82. The number of fused-ring (bicyclic) bond motifs is 1. The van der Waals surface area contributed by atoms with Crippen molar-refractivity contribution < 1.29 is 19.1 Å². The van der Waals surface area contributed by atoms with E-state index in [1.165, 1.54) is 0 Å². The van der Waals surface area contributed by atoms with Crippen molar-refractivity contribution in [2.45, 2.75) is 51.6 Å². The highest BCUT2D eigenvalue weighted by molar-refractivity contribution is 6.43. The van der Waals surface area contributed by atoms with Gasteiger partial charge in [0.1, 0.15) is 0 Å². The van der Waals surface area contributed by atoms with E-state index in [1.54, 1.807) is 14.0 Å². The molecule has 7 nitrogen and oxygen atoms in total. The fourth-order valence-electron chi connectivity index (χ4n) is 3.82. The van der Waals surface area contributed by atoms with E-state index in [2.05, 4.69) is 10.6 Å². The highest BCUT2D eigenvalue weighted by Gasteiger charge is 2.36. The molecule has 0 unspecified atom stereocenters. The number of ether oxygens (including phenoxy) is 1. The topological polar surface area (TPSA) is 89.4 Å². The lowest BCUT2D eigenvalue weighted by atomic mass is 9.92. The van der Waals surface area contributed by atoms with E-state index in [4.69, 9.17) is 4.74 Å². The fraction of sp³-hybridized carbons (Fsp3) is 0.611. The van der Waals surface area contributed by atoms with E-state index >= 15 is 0 Å². The standard InChI is InChI=1S/C18H25N3O4/c1-11-13(16(23)19-3)12-5-4-8-21(12)14(11)15(22)17(24)20-18(2)6-9-25-10-7-18/h4-10H2,1-3H3,(H,19,23)(H,20,24). The Morgan fingerprint density at radius 1 is 1.20 bits per heavy atom. The molecule has 0 radical (unpaired) electrons. The Kier molecular flexibility index (Phi) is 4.69. The molecule has 2 N–H and O–H groups in total. The number of hydrogen-bond acceptors (Lipinski definition) is 4. The molecule has 25 heavy (non-hydrogen) atoms. The molecule has 2 aliphatic heterocycles. The monoisotopic (exact) mass is 347 g/mol. The van der Waals surface area contributed by atoms with Crippen LogP contribution < -0.4 is 10.6 Å². The summed E-state index contributed by atoms with van der Waals surface area (Å²) in [5, 5.41) is 5.51. The van der Waals surface area contributed by atoms with Crippen LogP contribution in [-0.4, -0.2) is 48.0 Å². The van der Waals surface area contributed by atoms with Gasteiger partial charge in [0, 0.05) is 38.0 Å². The highest BCUT2D eigenvalue weighted by atomic mass is 16.5. The first-order valence-electron chi connectivity index (χ1n) is 8.76. The summed E-state index contributed by atoms with van der Waals surface area (Å²) in [4.78, 5) is 37.7. The van der Waals surface area contributed by atoms with Gasteiger partial charge in [-0.25, -0.2) is 0 Å². The summed E-state index contributed by atoms with van der Waals surface area (Å²) < 4.78 is 7.17. The summed E-state index contributed by atoms with van der Waals surface area (Å²) in [6.45, 7) is 5.49. The Morgan fingerprint density at radius 3 is 2.52 bits per heavy atom. The van der Waals surface area contributed by atoms with Crippen LogP contribution in [0, 0.1) is 6.92 Å². The number of rotatable bonds is 4. The predicted octanol–water partition coefficient (Wildman–Crippen LogP) is 0.970. The summed E-state index contributed by atoms with van der Waals surface area (Å²) in [5.74, 6) is -1.38. The van der Waals surface area contributed by atoms with Crippen LogP contribution in [0.4, 0.5) is 0 Å². The third-order valence-electron chi connectivity index (χ3n) is 5.30. The van der Waals surface area contributed by atoms with Gasteiger partial charge in [-0.2, -0.15) is 0 Å². The maximum absolute atomic E-state index is 12.9. The molecule has 1 aromatic heterocycles. The van der Waals surface area contributed by atoms with Crippen molar-refractivity contribution in [1.82, 2.24) is 15.2 Å². The molecule has 136 valence electrons. The lowest BCUT2D eigenvalue weighted by Crippen LogP contribution is -2.51. The number of aromatic nitrogens is 1. The second-order valence-corrected chi connectivity index (χ2v) is 7.09. The summed E-state index contributed by atoms with van der Waals surface area (Å²) in [6, 6.07) is 0. The molecule has 3 rings (SSSR count). The van der Waals surface area contributed by atoms with Gasteiger partial charge in [-0.15, -0.1) is 0 Å². The SMILES string of the molecule is CNC(=O)c1c(C)c(C(=O)C(=O)NC2(C)CCOCC2)n2c1CCC2. The average molecular weight is 347 g/mol. The van der Waals surface area contributed by atoms with Gasteiger partial charge in [0.2, 0.25) is 0 Å². The molecule has 0 saturated carbocycles. The van der Waals surface area contributed by atoms with Gasteiger partial charge >= 0.3 is 0 Å². The predicted molar refractivity (Wildman–Crippen MR) is 91.8 cm³/mol. The lowest BCUT2D eigenvalue weighted by Gasteiger charge is -2.34. The molecule has 3 heterocycles. The largest absolute Gasteiger partial charge is 0.381 e. The lowest BCUT2D eigenvalue weighted by molar-refractivity contribution is -0.119. The first kappa shape index (κ1) is 17.7. The molecule has 0 aliphatic carbocycles. The zero-order valence-electron chi connectivity index (χ0n) is 15.0. The van der Waals surface area contributed by atoms with Crippen molar-refractivity contribution in [2.24, 2.45) is 0 Å². The van der Waals surface area contributed by atoms with Crippen molar-refractivity contribution in [3.8, 4) is 0 Å². The summed E-state index contributed by atoms with van der Waals surface area (Å²) in [7, 11) is 1.57. The van der Waals surface area contributed by atoms with Gasteiger partial charge in [0.25, 0.3) is 17.6 Å². The minimum absolute atomic E-state index is 0.209. The number of hydrogen-bond donors (Lipinski definition) is 2. The van der Waals surface area contributed by atoms with Crippen molar-refractivity contribution in [1.29, 1.82) is 0 Å². The molecule has 1 fully saturated rings. The number of carbonyl (C=O) groups is 3. The first-order valence-corrected chi connectivity index (χ1v) is 8.76. The summed E-state index contributed by atoms with van der Waals surface area (Å²) in [6.07, 6.45) is 2.98. The second kappa shape index (κ2) is 6.63. The van der Waals surface area contributed by atoms with Gasteiger partial charge in [0.05, 0.1) is 11.3 Å². The molecular weight excluding hydrogens is 322 g/mol. The quantitative estimate of drug-likeness (QED) is 0.627. The normalized spacial score (nSPS) is 18.5. The maximum Gasteiger partial charge on any atom is 0.294 e. The van der Waals surface area contributed by atoms with E-state index in [0.717, 1.165) is 18.5 Å². The molecule has 2 amide bonds. The van der Waals surface area contributed by atoms with Crippen LogP contribution in [0.15, 0.2) is 0 Å². The number of carbonyl (C=O) groups excluding carboxylic acids is 3. The molecule has 0 aromatic carbocycles. The van der Waals surface area contributed by atoms with Crippen molar-refractivity contribution in [2.75, 3.05) is 20.3 Å². The van der Waals surface area contributed by atoms with Crippen LogP contribution in [0.1, 0.15) is 58.3 Å². The third kappa shape index (κ3) is 3.08. The van der Waals surface area contributed by atoms with Gasteiger partial charge in [0.15, 0.2) is 0 Å².